The van der Waals surface area contributed by atoms with Crippen molar-refractivity contribution in [3.63, 3.8) is 0 Å². The summed E-state index contributed by atoms with van der Waals surface area (Å²) >= 11 is 0. The average molecular weight is 465 g/mol. The third kappa shape index (κ3) is 5.68. The van der Waals surface area contributed by atoms with E-state index in [1.807, 2.05) is 0 Å². The van der Waals surface area contributed by atoms with E-state index in [1.54, 1.807) is 26.0 Å². The van der Waals surface area contributed by atoms with Gasteiger partial charge in [0, 0.05) is 31.7 Å². The highest BCUT2D eigenvalue weighted by molar-refractivity contribution is 7.89. The van der Waals surface area contributed by atoms with Crippen LogP contribution in [0.15, 0.2) is 45.7 Å². The number of carbonyl (C=O) groups is 3. The summed E-state index contributed by atoms with van der Waals surface area (Å²) in [4.78, 5) is 37.8. The van der Waals surface area contributed by atoms with Crippen LogP contribution in [0.4, 0.5) is 4.39 Å². The predicted molar refractivity (Wildman–Crippen MR) is 113 cm³/mol. The first-order chi connectivity index (χ1) is 15.1. The summed E-state index contributed by atoms with van der Waals surface area (Å²) in [7, 11) is -4.11. The monoisotopic (exact) mass is 464 g/mol. The molecule has 3 rings (SSSR count). The number of hydrogen-bond donors (Lipinski definition) is 2. The quantitative estimate of drug-likeness (QED) is 0.603. The van der Waals surface area contributed by atoms with Crippen LogP contribution in [0.25, 0.3) is 0 Å². The molecule has 2 N–H and O–H groups in total. The minimum atomic E-state index is -4.11. The number of halogens is 1. The smallest absolute Gasteiger partial charge is 0.287 e. The van der Waals surface area contributed by atoms with Crippen molar-refractivity contribution in [1.82, 2.24) is 10.0 Å². The van der Waals surface area contributed by atoms with Crippen LogP contribution in [0, 0.1) is 17.7 Å². The van der Waals surface area contributed by atoms with Crippen molar-refractivity contribution in [1.29, 1.82) is 0 Å². The summed E-state index contributed by atoms with van der Waals surface area (Å²) in [6.07, 6.45) is 0.161. The Morgan fingerprint density at radius 3 is 2.47 bits per heavy atom. The second-order valence-electron chi connectivity index (χ2n) is 8.11. The van der Waals surface area contributed by atoms with Gasteiger partial charge in [-0.2, -0.15) is 0 Å². The number of sulfonamides is 1. The van der Waals surface area contributed by atoms with Gasteiger partial charge in [0.1, 0.15) is 17.3 Å². The zero-order valence-electron chi connectivity index (χ0n) is 17.8. The third-order valence-corrected chi connectivity index (χ3v) is 6.74. The number of carbonyl (C=O) groups excluding carboxylic acids is 3. The van der Waals surface area contributed by atoms with Crippen molar-refractivity contribution in [2.75, 3.05) is 6.54 Å². The van der Waals surface area contributed by atoms with Crippen molar-refractivity contribution < 1.29 is 31.6 Å². The van der Waals surface area contributed by atoms with Gasteiger partial charge in [0.25, 0.3) is 5.91 Å². The first-order valence-corrected chi connectivity index (χ1v) is 11.8. The van der Waals surface area contributed by atoms with Crippen LogP contribution in [0.2, 0.25) is 0 Å². The second kappa shape index (κ2) is 9.74. The molecule has 2 unspecified atom stereocenters. The normalized spacial score (nSPS) is 18.3. The van der Waals surface area contributed by atoms with Gasteiger partial charge in [0.2, 0.25) is 15.8 Å². The van der Waals surface area contributed by atoms with Gasteiger partial charge in [-0.1, -0.05) is 13.8 Å². The van der Waals surface area contributed by atoms with Crippen LogP contribution in [-0.4, -0.2) is 38.5 Å². The van der Waals surface area contributed by atoms with Gasteiger partial charge in [0.15, 0.2) is 5.78 Å². The Morgan fingerprint density at radius 1 is 1.16 bits per heavy atom. The largest absolute Gasteiger partial charge is 0.466 e. The molecule has 1 aromatic heterocycles. The second-order valence-corrected chi connectivity index (χ2v) is 9.82. The minimum Gasteiger partial charge on any atom is -0.466 e. The van der Waals surface area contributed by atoms with E-state index in [2.05, 4.69) is 10.0 Å². The number of amides is 1. The van der Waals surface area contributed by atoms with Crippen LogP contribution >= 0.6 is 0 Å². The van der Waals surface area contributed by atoms with Crippen molar-refractivity contribution in [3.8, 4) is 0 Å². The summed E-state index contributed by atoms with van der Waals surface area (Å²) in [5, 5.41) is 2.52. The summed E-state index contributed by atoms with van der Waals surface area (Å²) in [6, 6.07) is 6.54. The lowest BCUT2D eigenvalue weighted by molar-refractivity contribution is -0.141. The van der Waals surface area contributed by atoms with Crippen LogP contribution in [0.3, 0.4) is 0 Å². The van der Waals surface area contributed by atoms with E-state index in [4.69, 9.17) is 4.42 Å². The number of rotatable bonds is 7. The first kappa shape index (κ1) is 23.8. The summed E-state index contributed by atoms with van der Waals surface area (Å²) in [6.45, 7) is 3.55. The van der Waals surface area contributed by atoms with Gasteiger partial charge in [-0.3, -0.25) is 14.4 Å². The Bertz CT molecular complexity index is 1110. The Kier molecular flexibility index (Phi) is 7.25. The van der Waals surface area contributed by atoms with Crippen molar-refractivity contribution in [3.05, 3.63) is 53.7 Å². The van der Waals surface area contributed by atoms with Gasteiger partial charge < -0.3 is 9.73 Å². The Labute approximate surface area is 185 Å². The van der Waals surface area contributed by atoms with Gasteiger partial charge >= 0.3 is 0 Å². The maximum absolute atomic E-state index is 13.2. The highest BCUT2D eigenvalue weighted by Crippen LogP contribution is 2.21. The van der Waals surface area contributed by atoms with Crippen LogP contribution < -0.4 is 10.0 Å². The highest BCUT2D eigenvalue weighted by atomic mass is 32.2. The molecular formula is C22H25FN2O6S. The molecule has 2 bridgehead atoms. The number of Topliss-reactive ketones (excluding diaryl/α,β-unsaturated/α-hetero) is 2. The zero-order chi connectivity index (χ0) is 23.5. The van der Waals surface area contributed by atoms with Crippen molar-refractivity contribution >= 4 is 27.5 Å². The van der Waals surface area contributed by atoms with Gasteiger partial charge in [0.05, 0.1) is 10.9 Å². The van der Waals surface area contributed by atoms with E-state index < -0.39 is 51.2 Å². The van der Waals surface area contributed by atoms with Crippen LogP contribution in [0.5, 0.6) is 0 Å². The fourth-order valence-electron chi connectivity index (χ4n) is 3.53. The molecule has 1 aromatic carbocycles. The molecule has 1 aliphatic rings. The predicted octanol–water partition coefficient (Wildman–Crippen LogP) is 1.78. The maximum atomic E-state index is 13.2. The van der Waals surface area contributed by atoms with Crippen molar-refractivity contribution in [2.24, 2.45) is 11.8 Å². The maximum Gasteiger partial charge on any atom is 0.287 e. The van der Waals surface area contributed by atoms with Gasteiger partial charge in [-0.25, -0.2) is 17.5 Å². The molecule has 8 nitrogen and oxygen atoms in total. The van der Waals surface area contributed by atoms with Crippen LogP contribution in [-0.2, 0) is 37.2 Å². The first-order valence-electron chi connectivity index (χ1n) is 10.3. The molecule has 0 fully saturated rings. The Morgan fingerprint density at radius 2 is 1.81 bits per heavy atom. The SMILES string of the molecule is CC(C)C(NS(=O)(=O)c1ccc(F)cc1)C(=O)CC1Cc2ccc(o2)CCNC(=O)C1=O. The molecular weight excluding hydrogens is 439 g/mol. The number of ketones is 2. The molecule has 2 aromatic rings. The highest BCUT2D eigenvalue weighted by Gasteiger charge is 2.34. The molecule has 0 spiro atoms. The summed E-state index contributed by atoms with van der Waals surface area (Å²) < 4.78 is 46.6. The lowest BCUT2D eigenvalue weighted by Gasteiger charge is -2.23. The molecule has 10 heteroatoms. The number of nitrogens with one attached hydrogen (secondary N) is 2. The van der Waals surface area contributed by atoms with E-state index >= 15 is 0 Å². The molecule has 2 atom stereocenters. The molecule has 0 saturated carbocycles. The minimum absolute atomic E-state index is 0.0491. The fourth-order valence-corrected chi connectivity index (χ4v) is 4.90. The summed E-state index contributed by atoms with van der Waals surface area (Å²) in [5.74, 6) is -2.93. The molecule has 1 aliphatic heterocycles. The standard InChI is InChI=1S/C22H25FN2O6S/c1-13(2)20(25-32(29,30)18-7-3-15(23)4-8-18)19(26)12-14-11-17-6-5-16(31-17)9-10-24-22(28)21(14)27/h3-8,13-14,20,25H,9-12H2,1-2H3,(H,24,28). The molecule has 2 heterocycles. The van der Waals surface area contributed by atoms with Gasteiger partial charge in [-0.15, -0.1) is 0 Å². The zero-order valence-corrected chi connectivity index (χ0v) is 18.6. The molecule has 1 amide bonds. The molecule has 0 aliphatic carbocycles. The fraction of sp³-hybridized carbons (Fsp3) is 0.409. The molecule has 0 saturated heterocycles. The molecule has 32 heavy (non-hydrogen) atoms. The van der Waals surface area contributed by atoms with E-state index in [0.717, 1.165) is 24.3 Å². The van der Waals surface area contributed by atoms with Crippen molar-refractivity contribution in [2.45, 2.75) is 44.0 Å². The van der Waals surface area contributed by atoms with Gasteiger partial charge in [-0.05, 0) is 42.3 Å². The molecule has 0 radical (unpaired) electrons. The lowest BCUT2D eigenvalue weighted by Crippen LogP contribution is -2.46. The topological polar surface area (TPSA) is 123 Å². The Balaban J connectivity index is 1.81. The lowest BCUT2D eigenvalue weighted by atomic mass is 9.88. The van der Waals surface area contributed by atoms with Crippen LogP contribution in [0.1, 0.15) is 31.8 Å². The van der Waals surface area contributed by atoms with E-state index in [-0.39, 0.29) is 24.3 Å². The molecule has 172 valence electrons. The Hall–Kier alpha value is -2.85. The number of furan rings is 1. The van der Waals surface area contributed by atoms with E-state index in [0.29, 0.717) is 17.9 Å². The summed E-state index contributed by atoms with van der Waals surface area (Å²) in [5.41, 5.74) is 0. The number of hydrogen-bond acceptors (Lipinski definition) is 6. The van der Waals surface area contributed by atoms with E-state index in [9.17, 15) is 27.2 Å². The number of fused-ring (bicyclic) bond motifs is 2. The van der Waals surface area contributed by atoms with E-state index in [1.165, 1.54) is 0 Å². The third-order valence-electron chi connectivity index (χ3n) is 5.28. The average Bonchev–Trinajstić information content (AvgIpc) is 3.17. The number of benzene rings is 1.